The first-order valence-corrected chi connectivity index (χ1v) is 6.67. The summed E-state index contributed by atoms with van der Waals surface area (Å²) in [7, 11) is 0. The highest BCUT2D eigenvalue weighted by atomic mass is 35.5. The van der Waals surface area contributed by atoms with Gasteiger partial charge in [-0.25, -0.2) is 0 Å². The quantitative estimate of drug-likeness (QED) is 0.384. The van der Waals surface area contributed by atoms with Gasteiger partial charge in [0.15, 0.2) is 0 Å². The topological polar surface area (TPSA) is 130 Å². The Labute approximate surface area is 125 Å². The highest BCUT2D eigenvalue weighted by Gasteiger charge is 2.48. The van der Waals surface area contributed by atoms with Gasteiger partial charge in [-0.15, -0.1) is 0 Å². The van der Waals surface area contributed by atoms with E-state index in [9.17, 15) is 30.3 Å². The molecule has 1 aromatic rings. The maximum atomic E-state index is 12.0. The Balaban J connectivity index is 2.13. The zero-order valence-corrected chi connectivity index (χ0v) is 11.6. The Morgan fingerprint density at radius 3 is 1.76 bits per heavy atom. The van der Waals surface area contributed by atoms with Crippen LogP contribution in [-0.4, -0.2) is 68.0 Å². The summed E-state index contributed by atoms with van der Waals surface area (Å²) < 4.78 is 0. The number of carbonyl (C=O) groups is 1. The summed E-state index contributed by atoms with van der Waals surface area (Å²) >= 11 is 5.70. The minimum atomic E-state index is -1.70. The molecule has 116 valence electrons. The molecule has 0 aliphatic heterocycles. The molecule has 1 saturated carbocycles. The summed E-state index contributed by atoms with van der Waals surface area (Å²) in [5, 5.41) is 51.0. The van der Waals surface area contributed by atoms with Crippen molar-refractivity contribution < 1.29 is 30.3 Å². The monoisotopic (exact) mass is 317 g/mol. The van der Waals surface area contributed by atoms with Crippen molar-refractivity contribution in [2.45, 2.75) is 36.6 Å². The van der Waals surface area contributed by atoms with Crippen molar-refractivity contribution in [3.8, 4) is 0 Å². The number of halogens is 1. The first kappa shape index (κ1) is 16.2. The van der Waals surface area contributed by atoms with Crippen molar-refractivity contribution >= 4 is 17.5 Å². The number of hydrogen-bond donors (Lipinski definition) is 6. The second-order valence-corrected chi connectivity index (χ2v) is 5.40. The van der Waals surface area contributed by atoms with Gasteiger partial charge in [-0.2, -0.15) is 0 Å². The van der Waals surface area contributed by atoms with Gasteiger partial charge >= 0.3 is 0 Å². The molecular formula is C13H16ClNO6. The standard InChI is InChI=1S/C13H16ClNO6/c14-6-3-1-5(2-4-6)13(21)15-7-8(16)10(18)12(20)11(19)9(7)17/h1-4,7-12,16-20H,(H,15,21)/t7?,8-,9+,10+,11-,12?. The van der Waals surface area contributed by atoms with Gasteiger partial charge in [0.1, 0.15) is 30.5 Å². The molecule has 1 aromatic carbocycles. The van der Waals surface area contributed by atoms with Crippen LogP contribution in [0.1, 0.15) is 10.4 Å². The molecule has 0 heterocycles. The lowest BCUT2D eigenvalue weighted by molar-refractivity contribution is -0.188. The number of benzene rings is 1. The number of carbonyl (C=O) groups excluding carboxylic acids is 1. The third kappa shape index (κ3) is 3.18. The Morgan fingerprint density at radius 1 is 0.857 bits per heavy atom. The van der Waals surface area contributed by atoms with E-state index < -0.39 is 42.5 Å². The molecule has 8 heteroatoms. The highest BCUT2D eigenvalue weighted by Crippen LogP contribution is 2.22. The summed E-state index contributed by atoms with van der Waals surface area (Å²) in [6, 6.07) is 4.57. The van der Waals surface area contributed by atoms with Crippen molar-refractivity contribution in [2.75, 3.05) is 0 Å². The highest BCUT2D eigenvalue weighted by molar-refractivity contribution is 6.30. The van der Waals surface area contributed by atoms with Crippen molar-refractivity contribution in [2.24, 2.45) is 0 Å². The number of amides is 1. The van der Waals surface area contributed by atoms with Crippen LogP contribution in [0, 0.1) is 0 Å². The lowest BCUT2D eigenvalue weighted by Gasteiger charge is -2.42. The van der Waals surface area contributed by atoms with Crippen LogP contribution in [0.25, 0.3) is 0 Å². The van der Waals surface area contributed by atoms with E-state index in [1.54, 1.807) is 0 Å². The van der Waals surface area contributed by atoms with Crippen LogP contribution in [-0.2, 0) is 0 Å². The predicted octanol–water partition coefficient (Wildman–Crippen LogP) is -1.74. The summed E-state index contributed by atoms with van der Waals surface area (Å²) in [5.41, 5.74) is 0.230. The van der Waals surface area contributed by atoms with Crippen LogP contribution in [0.4, 0.5) is 0 Å². The molecule has 0 radical (unpaired) electrons. The van der Waals surface area contributed by atoms with Gasteiger partial charge < -0.3 is 30.8 Å². The number of hydrogen-bond acceptors (Lipinski definition) is 6. The second-order valence-electron chi connectivity index (χ2n) is 4.96. The van der Waals surface area contributed by atoms with E-state index in [4.69, 9.17) is 11.6 Å². The smallest absolute Gasteiger partial charge is 0.251 e. The fraction of sp³-hybridized carbons (Fsp3) is 0.462. The molecule has 7 nitrogen and oxygen atoms in total. The molecule has 2 unspecified atom stereocenters. The van der Waals surface area contributed by atoms with Crippen LogP contribution in [0.3, 0.4) is 0 Å². The average Bonchev–Trinajstić information content (AvgIpc) is 2.48. The molecule has 1 fully saturated rings. The van der Waals surface area contributed by atoms with E-state index in [1.807, 2.05) is 0 Å². The Hall–Kier alpha value is -1.22. The molecule has 1 amide bonds. The van der Waals surface area contributed by atoms with E-state index in [2.05, 4.69) is 5.32 Å². The van der Waals surface area contributed by atoms with E-state index in [0.29, 0.717) is 5.02 Å². The molecule has 1 aliphatic rings. The van der Waals surface area contributed by atoms with Crippen molar-refractivity contribution in [1.82, 2.24) is 5.32 Å². The Kier molecular flexibility index (Phi) is 4.82. The lowest BCUT2D eigenvalue weighted by atomic mass is 9.83. The average molecular weight is 318 g/mol. The number of rotatable bonds is 2. The summed E-state index contributed by atoms with van der Waals surface area (Å²) in [4.78, 5) is 12.0. The maximum Gasteiger partial charge on any atom is 0.251 e. The van der Waals surface area contributed by atoms with E-state index in [0.717, 1.165) is 0 Å². The molecule has 0 saturated heterocycles. The van der Waals surface area contributed by atoms with Crippen molar-refractivity contribution in [1.29, 1.82) is 0 Å². The fourth-order valence-electron chi connectivity index (χ4n) is 2.24. The molecule has 21 heavy (non-hydrogen) atoms. The molecule has 6 atom stereocenters. The van der Waals surface area contributed by atoms with Crippen molar-refractivity contribution in [3.05, 3.63) is 34.9 Å². The molecule has 6 N–H and O–H groups in total. The minimum absolute atomic E-state index is 0.230. The number of aliphatic hydroxyl groups is 5. The van der Waals surface area contributed by atoms with E-state index >= 15 is 0 Å². The molecule has 1 aliphatic carbocycles. The molecule has 0 aromatic heterocycles. The van der Waals surface area contributed by atoms with E-state index in [-0.39, 0.29) is 5.56 Å². The first-order valence-electron chi connectivity index (χ1n) is 6.29. The van der Waals surface area contributed by atoms with Crippen LogP contribution in [0.2, 0.25) is 5.02 Å². The maximum absolute atomic E-state index is 12.0. The SMILES string of the molecule is O=C(NC1[C@@H](O)[C@H](O)C(O)[C@H](O)[C@H]1O)c1ccc(Cl)cc1. The zero-order chi connectivity index (χ0) is 15.7. The summed E-state index contributed by atoms with van der Waals surface area (Å²) in [6.45, 7) is 0. The van der Waals surface area contributed by atoms with Gasteiger partial charge in [0, 0.05) is 10.6 Å². The van der Waals surface area contributed by atoms with E-state index in [1.165, 1.54) is 24.3 Å². The Bertz CT molecular complexity index is 494. The fourth-order valence-corrected chi connectivity index (χ4v) is 2.37. The summed E-state index contributed by atoms with van der Waals surface area (Å²) in [5.74, 6) is -0.620. The van der Waals surface area contributed by atoms with Crippen LogP contribution < -0.4 is 5.32 Å². The summed E-state index contributed by atoms with van der Waals surface area (Å²) in [6.07, 6.45) is -8.29. The van der Waals surface area contributed by atoms with Gasteiger partial charge in [-0.1, -0.05) is 11.6 Å². The van der Waals surface area contributed by atoms with Gasteiger partial charge in [-0.05, 0) is 24.3 Å². The zero-order valence-electron chi connectivity index (χ0n) is 10.8. The van der Waals surface area contributed by atoms with Crippen LogP contribution in [0.15, 0.2) is 24.3 Å². The number of aliphatic hydroxyl groups excluding tert-OH is 5. The van der Waals surface area contributed by atoms with Gasteiger partial charge in [-0.3, -0.25) is 4.79 Å². The van der Waals surface area contributed by atoms with Crippen LogP contribution in [0.5, 0.6) is 0 Å². The largest absolute Gasteiger partial charge is 0.388 e. The second kappa shape index (κ2) is 6.27. The van der Waals surface area contributed by atoms with Gasteiger partial charge in [0.05, 0.1) is 6.04 Å². The van der Waals surface area contributed by atoms with Gasteiger partial charge in [0.2, 0.25) is 0 Å². The van der Waals surface area contributed by atoms with Crippen molar-refractivity contribution in [3.63, 3.8) is 0 Å². The lowest BCUT2D eigenvalue weighted by Crippen LogP contribution is -2.68. The van der Waals surface area contributed by atoms with Crippen LogP contribution >= 0.6 is 11.6 Å². The normalized spacial score (nSPS) is 36.3. The molecule has 0 spiro atoms. The third-order valence-corrected chi connectivity index (χ3v) is 3.79. The van der Waals surface area contributed by atoms with Gasteiger partial charge in [0.25, 0.3) is 5.91 Å². The Morgan fingerprint density at radius 2 is 1.29 bits per heavy atom. The molecular weight excluding hydrogens is 302 g/mol. The third-order valence-electron chi connectivity index (χ3n) is 3.54. The molecule has 2 rings (SSSR count). The first-order chi connectivity index (χ1) is 9.82. The molecule has 0 bridgehead atoms. The minimum Gasteiger partial charge on any atom is -0.388 e. The number of nitrogens with one attached hydrogen (secondary N) is 1. The predicted molar refractivity (Wildman–Crippen MR) is 72.7 cm³/mol.